The number of ether oxygens (including phenoxy) is 1. The zero-order chi connectivity index (χ0) is 17.6. The van der Waals surface area contributed by atoms with Gasteiger partial charge in [-0.1, -0.05) is 18.2 Å². The van der Waals surface area contributed by atoms with E-state index in [1.54, 1.807) is 0 Å². The molecular weight excluding hydrogens is 304 g/mol. The normalized spacial score (nSPS) is 15.9. The lowest BCUT2D eigenvalue weighted by molar-refractivity contribution is -0.136. The van der Waals surface area contributed by atoms with Gasteiger partial charge in [0.05, 0.1) is 13.0 Å². The fraction of sp³-hybridized carbons (Fsp3) is 0.579. The van der Waals surface area contributed by atoms with Crippen molar-refractivity contribution in [2.24, 2.45) is 5.92 Å². The fourth-order valence-electron chi connectivity index (χ4n) is 2.79. The summed E-state index contributed by atoms with van der Waals surface area (Å²) in [5, 5.41) is 3.02. The number of amides is 2. The Morgan fingerprint density at radius 3 is 2.38 bits per heavy atom. The van der Waals surface area contributed by atoms with E-state index >= 15 is 0 Å². The molecule has 1 saturated heterocycles. The molecule has 1 N–H and O–H groups in total. The Kier molecular flexibility index (Phi) is 6.23. The molecule has 0 aliphatic carbocycles. The molecule has 0 bridgehead atoms. The summed E-state index contributed by atoms with van der Waals surface area (Å²) in [5.74, 6) is 0.985. The molecule has 0 radical (unpaired) electrons. The molecule has 5 nitrogen and oxygen atoms in total. The summed E-state index contributed by atoms with van der Waals surface area (Å²) in [7, 11) is 0. The Morgan fingerprint density at radius 2 is 1.79 bits per heavy atom. The Hall–Kier alpha value is -2.04. The van der Waals surface area contributed by atoms with Crippen molar-refractivity contribution in [2.45, 2.75) is 45.6 Å². The lowest BCUT2D eigenvalue weighted by Gasteiger charge is -2.33. The molecule has 0 atom stereocenters. The topological polar surface area (TPSA) is 58.6 Å². The molecule has 1 aromatic carbocycles. The van der Waals surface area contributed by atoms with Crippen LogP contribution in [0.3, 0.4) is 0 Å². The Morgan fingerprint density at radius 1 is 1.17 bits per heavy atom. The van der Waals surface area contributed by atoms with E-state index < -0.39 is 0 Å². The van der Waals surface area contributed by atoms with Crippen LogP contribution in [0.1, 0.15) is 40.0 Å². The van der Waals surface area contributed by atoms with Gasteiger partial charge in [0.25, 0.3) is 0 Å². The minimum absolute atomic E-state index is 0.00819. The number of rotatable bonds is 5. The molecule has 1 aliphatic heterocycles. The van der Waals surface area contributed by atoms with Gasteiger partial charge in [-0.25, -0.2) is 0 Å². The molecule has 1 fully saturated rings. The molecular formula is C19H28N2O3. The van der Waals surface area contributed by atoms with E-state index in [9.17, 15) is 9.59 Å². The summed E-state index contributed by atoms with van der Waals surface area (Å²) in [6.07, 6.45) is 1.83. The zero-order valence-corrected chi connectivity index (χ0v) is 14.9. The predicted molar refractivity (Wildman–Crippen MR) is 93.8 cm³/mol. The number of hydrogen-bond acceptors (Lipinski definition) is 3. The Balaban J connectivity index is 1.70. The lowest BCUT2D eigenvalue weighted by Crippen LogP contribution is -2.48. The van der Waals surface area contributed by atoms with Crippen LogP contribution in [0.15, 0.2) is 30.3 Å². The van der Waals surface area contributed by atoms with E-state index in [1.807, 2.05) is 56.0 Å². The van der Waals surface area contributed by atoms with Gasteiger partial charge in [0, 0.05) is 24.5 Å². The van der Waals surface area contributed by atoms with Gasteiger partial charge in [0.15, 0.2) is 0 Å². The highest BCUT2D eigenvalue weighted by Crippen LogP contribution is 2.19. The van der Waals surface area contributed by atoms with Gasteiger partial charge in [-0.05, 0) is 45.7 Å². The Labute approximate surface area is 144 Å². The highest BCUT2D eigenvalue weighted by atomic mass is 16.5. The van der Waals surface area contributed by atoms with Crippen molar-refractivity contribution in [3.05, 3.63) is 30.3 Å². The maximum Gasteiger partial charge on any atom is 0.225 e. The maximum absolute atomic E-state index is 12.2. The molecule has 24 heavy (non-hydrogen) atoms. The molecule has 0 saturated carbocycles. The van der Waals surface area contributed by atoms with Crippen molar-refractivity contribution in [1.82, 2.24) is 10.2 Å². The summed E-state index contributed by atoms with van der Waals surface area (Å²) in [6, 6.07) is 9.50. The van der Waals surface area contributed by atoms with E-state index in [-0.39, 0.29) is 23.3 Å². The molecule has 1 aromatic rings. The van der Waals surface area contributed by atoms with Crippen molar-refractivity contribution >= 4 is 11.8 Å². The minimum Gasteiger partial charge on any atom is -0.493 e. The highest BCUT2D eigenvalue weighted by molar-refractivity contribution is 5.80. The van der Waals surface area contributed by atoms with Gasteiger partial charge < -0.3 is 15.0 Å². The third-order valence-corrected chi connectivity index (χ3v) is 4.04. The van der Waals surface area contributed by atoms with Crippen LogP contribution in [-0.2, 0) is 9.59 Å². The zero-order valence-electron chi connectivity index (χ0n) is 14.9. The van der Waals surface area contributed by atoms with E-state index in [2.05, 4.69) is 5.32 Å². The second-order valence-corrected chi connectivity index (χ2v) is 7.31. The maximum atomic E-state index is 12.2. The number of carbonyl (C=O) groups is 2. The van der Waals surface area contributed by atoms with Crippen LogP contribution in [0.4, 0.5) is 0 Å². The SMILES string of the molecule is CC(C)(C)NC(=O)C1CCN(C(=O)CCOc2ccccc2)CC1. The molecule has 132 valence electrons. The third-order valence-electron chi connectivity index (χ3n) is 4.04. The number of piperidine rings is 1. The first-order chi connectivity index (χ1) is 11.3. The van der Waals surface area contributed by atoms with Crippen molar-refractivity contribution in [3.63, 3.8) is 0 Å². The molecule has 2 amide bonds. The van der Waals surface area contributed by atoms with Gasteiger partial charge in [0.1, 0.15) is 5.75 Å². The lowest BCUT2D eigenvalue weighted by atomic mass is 9.94. The van der Waals surface area contributed by atoms with Gasteiger partial charge in [-0.15, -0.1) is 0 Å². The number of hydrogen-bond donors (Lipinski definition) is 1. The van der Waals surface area contributed by atoms with Crippen molar-refractivity contribution in [3.8, 4) is 5.75 Å². The minimum atomic E-state index is -0.210. The average Bonchev–Trinajstić information content (AvgIpc) is 2.54. The van der Waals surface area contributed by atoms with Crippen LogP contribution in [0, 0.1) is 5.92 Å². The van der Waals surface area contributed by atoms with E-state index in [0.29, 0.717) is 26.1 Å². The number of nitrogens with zero attached hydrogens (tertiary/aromatic N) is 1. The molecule has 2 rings (SSSR count). The average molecular weight is 332 g/mol. The largest absolute Gasteiger partial charge is 0.493 e. The second-order valence-electron chi connectivity index (χ2n) is 7.31. The van der Waals surface area contributed by atoms with Crippen LogP contribution in [0.2, 0.25) is 0 Å². The van der Waals surface area contributed by atoms with Crippen LogP contribution in [0.25, 0.3) is 0 Å². The molecule has 0 spiro atoms. The Bertz CT molecular complexity index is 543. The monoisotopic (exact) mass is 332 g/mol. The summed E-state index contributed by atoms with van der Waals surface area (Å²) in [6.45, 7) is 7.62. The summed E-state index contributed by atoms with van der Waals surface area (Å²) in [5.41, 5.74) is -0.210. The number of benzene rings is 1. The number of likely N-dealkylation sites (tertiary alicyclic amines) is 1. The van der Waals surface area contributed by atoms with E-state index in [1.165, 1.54) is 0 Å². The van der Waals surface area contributed by atoms with E-state index in [0.717, 1.165) is 18.6 Å². The first-order valence-corrected chi connectivity index (χ1v) is 8.63. The molecule has 0 aromatic heterocycles. The molecule has 5 heteroatoms. The van der Waals surface area contributed by atoms with Crippen LogP contribution in [0.5, 0.6) is 5.75 Å². The van der Waals surface area contributed by atoms with E-state index in [4.69, 9.17) is 4.74 Å². The predicted octanol–water partition coefficient (Wildman–Crippen LogP) is 2.61. The second kappa shape index (κ2) is 8.18. The number of carbonyl (C=O) groups excluding carboxylic acids is 2. The van der Waals surface area contributed by atoms with Crippen LogP contribution >= 0.6 is 0 Å². The third kappa shape index (κ3) is 5.87. The molecule has 1 heterocycles. The van der Waals surface area contributed by atoms with Crippen LogP contribution in [-0.4, -0.2) is 41.9 Å². The van der Waals surface area contributed by atoms with Gasteiger partial charge >= 0.3 is 0 Å². The van der Waals surface area contributed by atoms with Gasteiger partial charge in [-0.2, -0.15) is 0 Å². The quantitative estimate of drug-likeness (QED) is 0.902. The van der Waals surface area contributed by atoms with Crippen LogP contribution < -0.4 is 10.1 Å². The van der Waals surface area contributed by atoms with Crippen molar-refractivity contribution in [1.29, 1.82) is 0 Å². The highest BCUT2D eigenvalue weighted by Gasteiger charge is 2.28. The van der Waals surface area contributed by atoms with Gasteiger partial charge in [-0.3, -0.25) is 9.59 Å². The van der Waals surface area contributed by atoms with Crippen molar-refractivity contribution < 1.29 is 14.3 Å². The van der Waals surface area contributed by atoms with Gasteiger partial charge in [0.2, 0.25) is 11.8 Å². The first-order valence-electron chi connectivity index (χ1n) is 8.63. The first kappa shape index (κ1) is 18.3. The van der Waals surface area contributed by atoms with Crippen molar-refractivity contribution in [2.75, 3.05) is 19.7 Å². The number of para-hydroxylation sites is 1. The molecule has 1 aliphatic rings. The summed E-state index contributed by atoms with van der Waals surface area (Å²) >= 11 is 0. The number of nitrogens with one attached hydrogen (secondary N) is 1. The summed E-state index contributed by atoms with van der Waals surface area (Å²) < 4.78 is 5.57. The fourth-order valence-corrected chi connectivity index (χ4v) is 2.79. The smallest absolute Gasteiger partial charge is 0.225 e. The standard InChI is InChI=1S/C19H28N2O3/c1-19(2,3)20-18(23)15-9-12-21(13-10-15)17(22)11-14-24-16-7-5-4-6-8-16/h4-8,15H,9-14H2,1-3H3,(H,20,23). The molecule has 0 unspecified atom stereocenters. The summed E-state index contributed by atoms with van der Waals surface area (Å²) in [4.78, 5) is 26.3.